The van der Waals surface area contributed by atoms with Crippen molar-refractivity contribution in [1.82, 2.24) is 0 Å². The lowest BCUT2D eigenvalue weighted by molar-refractivity contribution is 0.339. The van der Waals surface area contributed by atoms with E-state index < -0.39 is 0 Å². The third-order valence-corrected chi connectivity index (χ3v) is 5.41. The average molecular weight is 409 g/mol. The molecule has 3 heteroatoms. The number of hydrogen-bond acceptors (Lipinski definition) is 2. The summed E-state index contributed by atoms with van der Waals surface area (Å²) in [6.07, 6.45) is 3.26. The SMILES string of the molecule is CCOc1ccc(C(C)(C)CCCc2cccc(Oc3ccc(Cl)cc3)c2)cc1. The monoisotopic (exact) mass is 408 g/mol. The summed E-state index contributed by atoms with van der Waals surface area (Å²) in [6.45, 7) is 7.32. The standard InChI is InChI=1S/C26H29ClO2/c1-4-28-23-14-10-21(11-15-23)26(2,3)18-6-8-20-7-5-9-25(19-20)29-24-16-12-22(27)13-17-24/h5,7,9-17,19H,4,6,8,18H2,1-3H3. The van der Waals surface area contributed by atoms with E-state index in [9.17, 15) is 0 Å². The molecule has 3 rings (SSSR count). The Hall–Kier alpha value is -2.45. The fourth-order valence-corrected chi connectivity index (χ4v) is 3.58. The fourth-order valence-electron chi connectivity index (χ4n) is 3.45. The highest BCUT2D eigenvalue weighted by molar-refractivity contribution is 6.30. The van der Waals surface area contributed by atoms with Gasteiger partial charge in [0.2, 0.25) is 0 Å². The highest BCUT2D eigenvalue weighted by Gasteiger charge is 2.20. The predicted molar refractivity (Wildman–Crippen MR) is 122 cm³/mol. The average Bonchev–Trinajstić information content (AvgIpc) is 2.71. The van der Waals surface area contributed by atoms with Crippen molar-refractivity contribution < 1.29 is 9.47 Å². The number of benzene rings is 3. The lowest BCUT2D eigenvalue weighted by Gasteiger charge is -2.25. The first kappa shape index (κ1) is 21.3. The molecule has 0 unspecified atom stereocenters. The van der Waals surface area contributed by atoms with Crippen molar-refractivity contribution in [2.75, 3.05) is 6.61 Å². The van der Waals surface area contributed by atoms with Gasteiger partial charge < -0.3 is 9.47 Å². The van der Waals surface area contributed by atoms with Crippen LogP contribution in [0.1, 0.15) is 44.7 Å². The van der Waals surface area contributed by atoms with Crippen molar-refractivity contribution in [3.8, 4) is 17.2 Å². The summed E-state index contributed by atoms with van der Waals surface area (Å²) in [6, 6.07) is 24.3. The van der Waals surface area contributed by atoms with Crippen LogP contribution in [0.15, 0.2) is 72.8 Å². The second kappa shape index (κ2) is 9.84. The molecular formula is C26H29ClO2. The number of halogens is 1. The molecule has 0 saturated carbocycles. The van der Waals surface area contributed by atoms with Crippen molar-refractivity contribution in [2.24, 2.45) is 0 Å². The van der Waals surface area contributed by atoms with E-state index >= 15 is 0 Å². The molecule has 0 spiro atoms. The molecule has 3 aromatic rings. The van der Waals surface area contributed by atoms with E-state index in [1.165, 1.54) is 11.1 Å². The maximum Gasteiger partial charge on any atom is 0.127 e. The Morgan fingerprint density at radius 2 is 1.52 bits per heavy atom. The molecule has 0 aliphatic carbocycles. The lowest BCUT2D eigenvalue weighted by Crippen LogP contribution is -2.17. The van der Waals surface area contributed by atoms with E-state index in [-0.39, 0.29) is 5.41 Å². The first-order valence-electron chi connectivity index (χ1n) is 10.2. The van der Waals surface area contributed by atoms with E-state index in [4.69, 9.17) is 21.1 Å². The minimum Gasteiger partial charge on any atom is -0.494 e. The third kappa shape index (κ3) is 6.27. The molecule has 0 aliphatic rings. The van der Waals surface area contributed by atoms with Crippen LogP contribution < -0.4 is 9.47 Å². The van der Waals surface area contributed by atoms with Gasteiger partial charge in [-0.25, -0.2) is 0 Å². The fraction of sp³-hybridized carbons (Fsp3) is 0.308. The summed E-state index contributed by atoms with van der Waals surface area (Å²) < 4.78 is 11.5. The minimum absolute atomic E-state index is 0.127. The zero-order chi connectivity index (χ0) is 20.7. The first-order valence-corrected chi connectivity index (χ1v) is 10.6. The molecule has 0 N–H and O–H groups in total. The van der Waals surface area contributed by atoms with Gasteiger partial charge in [0.1, 0.15) is 17.2 Å². The molecule has 0 aromatic heterocycles. The van der Waals surface area contributed by atoms with Crippen molar-refractivity contribution >= 4 is 11.6 Å². The summed E-state index contributed by atoms with van der Waals surface area (Å²) in [5.41, 5.74) is 2.77. The molecule has 0 aliphatic heterocycles. The van der Waals surface area contributed by atoms with E-state index in [2.05, 4.69) is 56.3 Å². The normalized spacial score (nSPS) is 11.3. The van der Waals surface area contributed by atoms with Gasteiger partial charge in [-0.05, 0) is 91.3 Å². The second-order valence-electron chi connectivity index (χ2n) is 7.90. The number of ether oxygens (including phenoxy) is 2. The summed E-state index contributed by atoms with van der Waals surface area (Å²) in [4.78, 5) is 0. The number of rotatable bonds is 9. The molecule has 0 amide bonds. The van der Waals surface area contributed by atoms with Gasteiger partial charge in [-0.2, -0.15) is 0 Å². The van der Waals surface area contributed by atoms with Gasteiger partial charge in [-0.1, -0.05) is 49.7 Å². The zero-order valence-corrected chi connectivity index (χ0v) is 18.2. The van der Waals surface area contributed by atoms with Crippen molar-refractivity contribution in [2.45, 2.75) is 45.4 Å². The first-order chi connectivity index (χ1) is 14.0. The maximum absolute atomic E-state index is 5.95. The molecule has 0 radical (unpaired) electrons. The Balaban J connectivity index is 1.56. The van der Waals surface area contributed by atoms with E-state index in [1.54, 1.807) is 0 Å². The topological polar surface area (TPSA) is 18.5 Å². The van der Waals surface area contributed by atoms with Gasteiger partial charge in [0, 0.05) is 5.02 Å². The van der Waals surface area contributed by atoms with Crippen LogP contribution in [0.3, 0.4) is 0 Å². The molecule has 2 nitrogen and oxygen atoms in total. The Kier molecular flexibility index (Phi) is 7.22. The van der Waals surface area contributed by atoms with Crippen LogP contribution in [-0.4, -0.2) is 6.61 Å². The molecule has 0 fully saturated rings. The number of aryl methyl sites for hydroxylation is 1. The molecule has 0 atom stereocenters. The summed E-state index contributed by atoms with van der Waals surface area (Å²) in [5.74, 6) is 2.59. The zero-order valence-electron chi connectivity index (χ0n) is 17.5. The van der Waals surface area contributed by atoms with E-state index in [0.29, 0.717) is 11.6 Å². The smallest absolute Gasteiger partial charge is 0.127 e. The Morgan fingerprint density at radius 1 is 0.828 bits per heavy atom. The van der Waals surface area contributed by atoms with Crippen LogP contribution >= 0.6 is 11.6 Å². The summed E-state index contributed by atoms with van der Waals surface area (Å²) in [5, 5.41) is 0.709. The predicted octanol–water partition coefficient (Wildman–Crippen LogP) is 7.83. The van der Waals surface area contributed by atoms with E-state index in [1.807, 2.05) is 37.3 Å². The van der Waals surface area contributed by atoms with Crippen molar-refractivity contribution in [3.63, 3.8) is 0 Å². The minimum atomic E-state index is 0.127. The van der Waals surface area contributed by atoms with Crippen LogP contribution in [0.4, 0.5) is 0 Å². The number of hydrogen-bond donors (Lipinski definition) is 0. The largest absolute Gasteiger partial charge is 0.494 e. The van der Waals surface area contributed by atoms with Crippen molar-refractivity contribution in [1.29, 1.82) is 0 Å². The van der Waals surface area contributed by atoms with Gasteiger partial charge in [0.25, 0.3) is 0 Å². The molecule has 0 heterocycles. The second-order valence-corrected chi connectivity index (χ2v) is 8.33. The highest BCUT2D eigenvalue weighted by atomic mass is 35.5. The molecule has 0 bridgehead atoms. The van der Waals surface area contributed by atoms with Crippen molar-refractivity contribution in [3.05, 3.63) is 88.9 Å². The molecular weight excluding hydrogens is 380 g/mol. The Morgan fingerprint density at radius 3 is 2.21 bits per heavy atom. The summed E-state index contributed by atoms with van der Waals surface area (Å²) >= 11 is 5.94. The van der Waals surface area contributed by atoms with Crippen LogP contribution in [-0.2, 0) is 11.8 Å². The molecule has 152 valence electrons. The van der Waals surface area contributed by atoms with Crippen LogP contribution in [0.5, 0.6) is 17.2 Å². The maximum atomic E-state index is 5.95. The van der Waals surface area contributed by atoms with Crippen LogP contribution in [0, 0.1) is 0 Å². The third-order valence-electron chi connectivity index (χ3n) is 5.16. The van der Waals surface area contributed by atoms with Gasteiger partial charge in [-0.15, -0.1) is 0 Å². The van der Waals surface area contributed by atoms with Gasteiger partial charge in [0.05, 0.1) is 6.61 Å². The molecule has 0 saturated heterocycles. The lowest BCUT2D eigenvalue weighted by atomic mass is 9.80. The quantitative estimate of drug-likeness (QED) is 0.359. The van der Waals surface area contributed by atoms with Gasteiger partial charge in [0.15, 0.2) is 0 Å². The van der Waals surface area contributed by atoms with Gasteiger partial charge >= 0.3 is 0 Å². The summed E-state index contributed by atoms with van der Waals surface area (Å²) in [7, 11) is 0. The molecule has 29 heavy (non-hydrogen) atoms. The van der Waals surface area contributed by atoms with Crippen LogP contribution in [0.25, 0.3) is 0 Å². The van der Waals surface area contributed by atoms with Gasteiger partial charge in [-0.3, -0.25) is 0 Å². The molecule has 3 aromatic carbocycles. The van der Waals surface area contributed by atoms with Crippen LogP contribution in [0.2, 0.25) is 5.02 Å². The van der Waals surface area contributed by atoms with E-state index in [0.717, 1.165) is 36.5 Å². The Labute approximate surface area is 179 Å². The highest BCUT2D eigenvalue weighted by Crippen LogP contribution is 2.31. The Bertz CT molecular complexity index is 899.